The van der Waals surface area contributed by atoms with E-state index in [2.05, 4.69) is 10.2 Å². The molecule has 1 spiro atoms. The third-order valence-corrected chi connectivity index (χ3v) is 7.06. The van der Waals surface area contributed by atoms with Gasteiger partial charge in [-0.2, -0.15) is 0 Å². The van der Waals surface area contributed by atoms with E-state index in [1.165, 1.54) is 12.1 Å². The lowest BCUT2D eigenvalue weighted by molar-refractivity contribution is 0.202. The van der Waals surface area contributed by atoms with Crippen LogP contribution < -0.4 is 10.9 Å². The molecule has 1 fully saturated rings. The number of carbonyl (C=O) groups is 1. The maximum atomic E-state index is 13.4. The van der Waals surface area contributed by atoms with Crippen LogP contribution in [0.15, 0.2) is 29.1 Å². The molecule has 0 aliphatic carbocycles. The average molecular weight is 440 g/mol. The lowest BCUT2D eigenvalue weighted by atomic mass is 9.85. The monoisotopic (exact) mass is 439 g/mol. The molecule has 0 radical (unpaired) electrons. The fourth-order valence-electron chi connectivity index (χ4n) is 5.37. The molecule has 0 bridgehead atoms. The van der Waals surface area contributed by atoms with E-state index >= 15 is 0 Å². The van der Waals surface area contributed by atoms with Crippen LogP contribution in [0.5, 0.6) is 0 Å². The first-order chi connectivity index (χ1) is 15.3. The van der Waals surface area contributed by atoms with Gasteiger partial charge in [0.25, 0.3) is 5.56 Å². The summed E-state index contributed by atoms with van der Waals surface area (Å²) in [4.78, 5) is 35.0. The first-order valence-corrected chi connectivity index (χ1v) is 11.5. The van der Waals surface area contributed by atoms with Gasteiger partial charge in [0.05, 0.1) is 11.3 Å². The molecule has 0 saturated carbocycles. The highest BCUT2D eigenvalue weighted by Crippen LogP contribution is 2.41. The number of likely N-dealkylation sites (tertiary alicyclic amines) is 1. The number of amides is 2. The largest absolute Gasteiger partial charge is 0.336 e. The fraction of sp³-hybridized carbons (Fsp3) is 0.542. The summed E-state index contributed by atoms with van der Waals surface area (Å²) in [6.45, 7) is 7.95. The van der Waals surface area contributed by atoms with Crippen molar-refractivity contribution in [1.29, 1.82) is 0 Å². The van der Waals surface area contributed by atoms with E-state index in [9.17, 15) is 14.0 Å². The van der Waals surface area contributed by atoms with Crippen molar-refractivity contribution in [3.8, 4) is 0 Å². The number of aromatic nitrogens is 2. The van der Waals surface area contributed by atoms with Crippen LogP contribution >= 0.6 is 0 Å². The number of benzene rings is 1. The van der Waals surface area contributed by atoms with Crippen LogP contribution in [0.1, 0.15) is 49.3 Å². The first kappa shape index (κ1) is 21.1. The number of halogens is 1. The first-order valence-electron chi connectivity index (χ1n) is 11.5. The van der Waals surface area contributed by atoms with Crippen LogP contribution in [0.25, 0.3) is 0 Å². The van der Waals surface area contributed by atoms with Gasteiger partial charge in [-0.05, 0) is 44.4 Å². The molecular weight excluding hydrogens is 409 g/mol. The summed E-state index contributed by atoms with van der Waals surface area (Å²) in [7, 11) is 0. The Kier molecular flexibility index (Phi) is 5.28. The minimum atomic E-state index is -0.239. The zero-order chi connectivity index (χ0) is 22.5. The number of urea groups is 1. The average Bonchev–Trinajstić information content (AvgIpc) is 3.35. The molecule has 3 aliphatic heterocycles. The van der Waals surface area contributed by atoms with Crippen molar-refractivity contribution in [1.82, 2.24) is 24.7 Å². The van der Waals surface area contributed by atoms with E-state index in [4.69, 9.17) is 4.98 Å². The predicted octanol–water partition coefficient (Wildman–Crippen LogP) is 2.41. The Hall–Kier alpha value is -2.74. The van der Waals surface area contributed by atoms with Gasteiger partial charge in [-0.1, -0.05) is 12.1 Å². The third-order valence-electron chi connectivity index (χ3n) is 7.06. The molecule has 2 aromatic rings. The van der Waals surface area contributed by atoms with Gasteiger partial charge in [-0.25, -0.2) is 14.2 Å². The second-order valence-electron chi connectivity index (χ2n) is 9.71. The molecular formula is C24H30FN5O2. The maximum absolute atomic E-state index is 13.4. The smallest absolute Gasteiger partial charge is 0.317 e. The maximum Gasteiger partial charge on any atom is 0.317 e. The van der Waals surface area contributed by atoms with Gasteiger partial charge in [0.2, 0.25) is 0 Å². The van der Waals surface area contributed by atoms with Crippen LogP contribution in [-0.4, -0.2) is 51.1 Å². The molecule has 170 valence electrons. The SMILES string of the molecule is CC(C)NC(=O)N1CCC2(CCn3c2nc2c(c3=O)CN(Cc3ccc(F)cc3)CC2)C1. The minimum absolute atomic E-state index is 0.0351. The van der Waals surface area contributed by atoms with Crippen molar-refractivity contribution in [2.75, 3.05) is 19.6 Å². The second kappa shape index (κ2) is 7.99. The van der Waals surface area contributed by atoms with Crippen molar-refractivity contribution in [3.63, 3.8) is 0 Å². The molecule has 1 unspecified atom stereocenters. The molecule has 7 nitrogen and oxygen atoms in total. The summed E-state index contributed by atoms with van der Waals surface area (Å²) in [6.07, 6.45) is 2.43. The zero-order valence-corrected chi connectivity index (χ0v) is 18.7. The standard InChI is InChI=1S/C24H30FN5O2/c1-16(2)26-23(32)29-11-8-24(15-29)9-12-30-21(31)19-14-28(10-7-20(19)27-22(24)30)13-17-3-5-18(25)6-4-17/h3-6,16H,7-15H2,1-2H3,(H,26,32). The highest BCUT2D eigenvalue weighted by atomic mass is 19.1. The Morgan fingerprint density at radius 1 is 1.19 bits per heavy atom. The number of hydrogen-bond acceptors (Lipinski definition) is 4. The van der Waals surface area contributed by atoms with Crippen molar-refractivity contribution in [3.05, 3.63) is 63.1 Å². The van der Waals surface area contributed by atoms with Gasteiger partial charge in [0.1, 0.15) is 11.6 Å². The second-order valence-corrected chi connectivity index (χ2v) is 9.71. The molecule has 2 amide bonds. The summed E-state index contributed by atoms with van der Waals surface area (Å²) in [5.41, 5.74) is 2.58. The summed E-state index contributed by atoms with van der Waals surface area (Å²) >= 11 is 0. The Bertz CT molecular complexity index is 1100. The quantitative estimate of drug-likeness (QED) is 0.798. The Labute approximate surface area is 187 Å². The molecule has 5 rings (SSSR count). The van der Waals surface area contributed by atoms with Gasteiger partial charge in [0, 0.05) is 57.1 Å². The van der Waals surface area contributed by atoms with Crippen LogP contribution in [0, 0.1) is 5.82 Å². The van der Waals surface area contributed by atoms with Crippen molar-refractivity contribution >= 4 is 6.03 Å². The number of rotatable bonds is 3. The van der Waals surface area contributed by atoms with Gasteiger partial charge < -0.3 is 10.2 Å². The predicted molar refractivity (Wildman–Crippen MR) is 119 cm³/mol. The van der Waals surface area contributed by atoms with Crippen LogP contribution in [0.3, 0.4) is 0 Å². The Morgan fingerprint density at radius 3 is 2.69 bits per heavy atom. The van der Waals surface area contributed by atoms with Crippen LogP contribution in [0.4, 0.5) is 9.18 Å². The molecule has 1 N–H and O–H groups in total. The molecule has 4 heterocycles. The molecule has 1 aromatic heterocycles. The normalized spacial score (nSPS) is 22.4. The zero-order valence-electron chi connectivity index (χ0n) is 18.7. The van der Waals surface area contributed by atoms with Crippen molar-refractivity contribution < 1.29 is 9.18 Å². The van der Waals surface area contributed by atoms with E-state index in [1.807, 2.05) is 23.3 Å². The summed E-state index contributed by atoms with van der Waals surface area (Å²) < 4.78 is 15.1. The third kappa shape index (κ3) is 3.70. The van der Waals surface area contributed by atoms with Crippen LogP contribution in [-0.2, 0) is 31.5 Å². The number of fused-ring (bicyclic) bond motifs is 3. The molecule has 1 saturated heterocycles. The summed E-state index contributed by atoms with van der Waals surface area (Å²) in [5.74, 6) is 0.630. The van der Waals surface area contributed by atoms with E-state index < -0.39 is 0 Å². The van der Waals surface area contributed by atoms with Gasteiger partial charge in [0.15, 0.2) is 0 Å². The van der Waals surface area contributed by atoms with E-state index in [1.54, 1.807) is 12.1 Å². The molecule has 8 heteroatoms. The van der Waals surface area contributed by atoms with Crippen molar-refractivity contribution in [2.24, 2.45) is 0 Å². The summed E-state index contributed by atoms with van der Waals surface area (Å²) in [5, 5.41) is 2.98. The van der Waals surface area contributed by atoms with Gasteiger partial charge >= 0.3 is 6.03 Å². The topological polar surface area (TPSA) is 70.5 Å². The lowest BCUT2D eigenvalue weighted by Gasteiger charge is -2.30. The van der Waals surface area contributed by atoms with E-state index in [-0.39, 0.29) is 28.9 Å². The van der Waals surface area contributed by atoms with E-state index in [0.29, 0.717) is 32.7 Å². The molecule has 3 aliphatic rings. The highest BCUT2D eigenvalue weighted by Gasteiger charge is 2.48. The Balaban J connectivity index is 1.37. The van der Waals surface area contributed by atoms with Gasteiger partial charge in [-0.15, -0.1) is 0 Å². The van der Waals surface area contributed by atoms with Crippen LogP contribution in [0.2, 0.25) is 0 Å². The van der Waals surface area contributed by atoms with E-state index in [0.717, 1.165) is 48.5 Å². The highest BCUT2D eigenvalue weighted by molar-refractivity contribution is 5.75. The molecule has 32 heavy (non-hydrogen) atoms. The fourth-order valence-corrected chi connectivity index (χ4v) is 5.37. The minimum Gasteiger partial charge on any atom is -0.336 e. The van der Waals surface area contributed by atoms with Gasteiger partial charge in [-0.3, -0.25) is 14.3 Å². The molecule has 1 aromatic carbocycles. The van der Waals surface area contributed by atoms with Crippen molar-refractivity contribution in [2.45, 2.75) is 64.2 Å². The number of carbonyl (C=O) groups excluding carboxylic acids is 1. The number of hydrogen-bond donors (Lipinski definition) is 1. The lowest BCUT2D eigenvalue weighted by Crippen LogP contribution is -2.43. The Morgan fingerprint density at radius 2 is 1.94 bits per heavy atom. The number of nitrogens with zero attached hydrogens (tertiary/aromatic N) is 4. The molecule has 1 atom stereocenters. The summed E-state index contributed by atoms with van der Waals surface area (Å²) in [6, 6.07) is 6.60. The number of nitrogens with one attached hydrogen (secondary N) is 1.